The Morgan fingerprint density at radius 3 is 2.43 bits per heavy atom. The monoisotopic (exact) mass is 410 g/mol. The second-order valence-electron chi connectivity index (χ2n) is 7.51. The molecule has 6 heteroatoms. The molecule has 2 rings (SSSR count). The molecule has 0 bridgehead atoms. The van der Waals surface area contributed by atoms with E-state index in [4.69, 9.17) is 4.74 Å². The van der Waals surface area contributed by atoms with Crippen LogP contribution in [-0.2, 0) is 0 Å². The first-order valence-corrected chi connectivity index (χ1v) is 10.5. The molecular formula is C24H30N2O4. The summed E-state index contributed by atoms with van der Waals surface area (Å²) in [5.41, 5.74) is -0.167. The van der Waals surface area contributed by atoms with Crippen molar-refractivity contribution in [1.29, 1.82) is 5.26 Å². The predicted molar refractivity (Wildman–Crippen MR) is 116 cm³/mol. The molecule has 0 aliphatic carbocycles. The van der Waals surface area contributed by atoms with E-state index in [1.54, 1.807) is 31.2 Å². The van der Waals surface area contributed by atoms with Gasteiger partial charge in [0.05, 0.1) is 12.2 Å². The van der Waals surface area contributed by atoms with Crippen LogP contribution >= 0.6 is 0 Å². The van der Waals surface area contributed by atoms with Crippen LogP contribution in [0.5, 0.6) is 11.6 Å². The number of hydrogen-bond donors (Lipinski definition) is 1. The standard InChI is InChI=1S/C24H30N2O4/c1-5-7-8-9-14-30-19-12-10-18(11-13-19)22(27)21-17(4)20(15-25)23(28)26(24(21)29)16(3)6-2/h10-13,16,29H,5-9,14H2,1-4H3. The van der Waals surface area contributed by atoms with E-state index in [1.165, 1.54) is 19.8 Å². The largest absolute Gasteiger partial charge is 0.494 e. The molecule has 1 N–H and O–H groups in total. The Hall–Kier alpha value is -3.07. The summed E-state index contributed by atoms with van der Waals surface area (Å²) in [6.45, 7) is 7.92. The summed E-state index contributed by atoms with van der Waals surface area (Å²) in [5, 5.41) is 20.2. The number of nitrogens with zero attached hydrogens (tertiary/aromatic N) is 2. The van der Waals surface area contributed by atoms with Gasteiger partial charge < -0.3 is 9.84 Å². The third-order valence-electron chi connectivity index (χ3n) is 5.39. The molecular weight excluding hydrogens is 380 g/mol. The predicted octanol–water partition coefficient (Wildman–Crippen LogP) is 4.90. The number of benzene rings is 1. The zero-order valence-electron chi connectivity index (χ0n) is 18.2. The van der Waals surface area contributed by atoms with E-state index in [9.17, 15) is 20.0 Å². The number of hydrogen-bond acceptors (Lipinski definition) is 5. The van der Waals surface area contributed by atoms with Crippen molar-refractivity contribution in [3.63, 3.8) is 0 Å². The second kappa shape index (κ2) is 10.6. The Bertz CT molecular complexity index is 984. The van der Waals surface area contributed by atoms with Gasteiger partial charge in [-0.25, -0.2) is 0 Å². The molecule has 0 aliphatic rings. The van der Waals surface area contributed by atoms with Gasteiger partial charge in [0.25, 0.3) is 5.56 Å². The molecule has 1 aromatic carbocycles. The lowest BCUT2D eigenvalue weighted by Gasteiger charge is -2.19. The number of pyridine rings is 1. The number of nitriles is 1. The summed E-state index contributed by atoms with van der Waals surface area (Å²) < 4.78 is 6.84. The van der Waals surface area contributed by atoms with Gasteiger partial charge in [0.15, 0.2) is 5.78 Å². The normalized spacial score (nSPS) is 11.7. The van der Waals surface area contributed by atoms with Crippen LogP contribution < -0.4 is 10.3 Å². The average molecular weight is 411 g/mol. The summed E-state index contributed by atoms with van der Waals surface area (Å²) in [5.74, 6) is -0.161. The van der Waals surface area contributed by atoms with Crippen molar-refractivity contribution >= 4 is 5.78 Å². The van der Waals surface area contributed by atoms with Gasteiger partial charge in [-0.05, 0) is 56.5 Å². The molecule has 0 saturated heterocycles. The van der Waals surface area contributed by atoms with E-state index in [0.717, 1.165) is 17.4 Å². The topological polar surface area (TPSA) is 92.3 Å². The summed E-state index contributed by atoms with van der Waals surface area (Å²) in [7, 11) is 0. The fourth-order valence-corrected chi connectivity index (χ4v) is 3.35. The molecule has 6 nitrogen and oxygen atoms in total. The Labute approximate surface area is 177 Å². The molecule has 0 spiro atoms. The first-order valence-electron chi connectivity index (χ1n) is 10.5. The van der Waals surface area contributed by atoms with E-state index in [0.29, 0.717) is 24.3 Å². The molecule has 160 valence electrons. The van der Waals surface area contributed by atoms with Gasteiger partial charge in [0.1, 0.15) is 17.4 Å². The molecule has 0 amide bonds. The van der Waals surface area contributed by atoms with Crippen molar-refractivity contribution in [2.24, 2.45) is 0 Å². The van der Waals surface area contributed by atoms with Crippen molar-refractivity contribution in [1.82, 2.24) is 4.57 Å². The molecule has 1 heterocycles. The zero-order chi connectivity index (χ0) is 22.3. The quantitative estimate of drug-likeness (QED) is 0.444. The van der Waals surface area contributed by atoms with E-state index in [2.05, 4.69) is 6.92 Å². The van der Waals surface area contributed by atoms with Crippen LogP contribution in [0, 0.1) is 18.3 Å². The second-order valence-corrected chi connectivity index (χ2v) is 7.51. The van der Waals surface area contributed by atoms with Gasteiger partial charge in [-0.15, -0.1) is 0 Å². The number of carbonyl (C=O) groups excluding carboxylic acids is 1. The van der Waals surface area contributed by atoms with Crippen LogP contribution in [0.3, 0.4) is 0 Å². The van der Waals surface area contributed by atoms with Gasteiger partial charge in [0.2, 0.25) is 5.88 Å². The number of aromatic hydroxyl groups is 1. The van der Waals surface area contributed by atoms with Crippen molar-refractivity contribution in [2.45, 2.75) is 65.8 Å². The molecule has 30 heavy (non-hydrogen) atoms. The van der Waals surface area contributed by atoms with Crippen molar-refractivity contribution in [2.75, 3.05) is 6.61 Å². The fraction of sp³-hybridized carbons (Fsp3) is 0.458. The van der Waals surface area contributed by atoms with Gasteiger partial charge in [0, 0.05) is 11.6 Å². The molecule has 0 saturated carbocycles. The number of ether oxygens (including phenoxy) is 1. The van der Waals surface area contributed by atoms with Crippen LogP contribution in [-0.4, -0.2) is 22.1 Å². The Morgan fingerprint density at radius 1 is 1.20 bits per heavy atom. The lowest BCUT2D eigenvalue weighted by Crippen LogP contribution is -2.28. The maximum Gasteiger partial charge on any atom is 0.271 e. The van der Waals surface area contributed by atoms with Gasteiger partial charge >= 0.3 is 0 Å². The third-order valence-corrected chi connectivity index (χ3v) is 5.39. The minimum Gasteiger partial charge on any atom is -0.494 e. The van der Waals surface area contributed by atoms with Crippen LogP contribution in [0.2, 0.25) is 0 Å². The SMILES string of the molecule is CCCCCCOc1ccc(C(=O)c2c(C)c(C#N)c(=O)n(C(C)CC)c2O)cc1. The highest BCUT2D eigenvalue weighted by atomic mass is 16.5. The van der Waals surface area contributed by atoms with E-state index >= 15 is 0 Å². The maximum atomic E-state index is 13.1. The lowest BCUT2D eigenvalue weighted by molar-refractivity contribution is 0.103. The average Bonchev–Trinajstić information content (AvgIpc) is 2.74. The highest BCUT2D eigenvalue weighted by Gasteiger charge is 2.26. The van der Waals surface area contributed by atoms with Crippen LogP contribution in [0.1, 0.15) is 86.0 Å². The van der Waals surface area contributed by atoms with Gasteiger partial charge in [-0.1, -0.05) is 33.1 Å². The number of rotatable bonds is 10. The summed E-state index contributed by atoms with van der Waals surface area (Å²) in [4.78, 5) is 25.8. The lowest BCUT2D eigenvalue weighted by atomic mass is 9.96. The van der Waals surface area contributed by atoms with Gasteiger partial charge in [-0.2, -0.15) is 5.26 Å². The Kier molecular flexibility index (Phi) is 8.23. The Morgan fingerprint density at radius 2 is 1.87 bits per heavy atom. The molecule has 1 aromatic heterocycles. The van der Waals surface area contributed by atoms with Crippen molar-refractivity contribution in [3.05, 3.63) is 56.9 Å². The first-order chi connectivity index (χ1) is 14.4. The number of aromatic nitrogens is 1. The van der Waals surface area contributed by atoms with Crippen LogP contribution in [0.15, 0.2) is 29.1 Å². The molecule has 1 atom stereocenters. The highest BCUT2D eigenvalue weighted by Crippen LogP contribution is 2.28. The number of ketones is 1. The number of unbranched alkanes of at least 4 members (excludes halogenated alkanes) is 3. The third kappa shape index (κ3) is 4.91. The fourth-order valence-electron chi connectivity index (χ4n) is 3.35. The molecule has 0 fully saturated rings. The minimum atomic E-state index is -0.578. The van der Waals surface area contributed by atoms with E-state index < -0.39 is 17.2 Å². The number of carbonyl (C=O) groups is 1. The molecule has 0 radical (unpaired) electrons. The minimum absolute atomic E-state index is 0.0142. The molecule has 2 aromatic rings. The van der Waals surface area contributed by atoms with Crippen LogP contribution in [0.25, 0.3) is 0 Å². The smallest absolute Gasteiger partial charge is 0.271 e. The summed E-state index contributed by atoms with van der Waals surface area (Å²) in [6, 6.07) is 8.24. The molecule has 1 unspecified atom stereocenters. The van der Waals surface area contributed by atoms with Gasteiger partial charge in [-0.3, -0.25) is 14.2 Å². The van der Waals surface area contributed by atoms with Crippen molar-refractivity contribution < 1.29 is 14.6 Å². The van der Waals surface area contributed by atoms with E-state index in [-0.39, 0.29) is 22.7 Å². The zero-order valence-corrected chi connectivity index (χ0v) is 18.2. The Balaban J connectivity index is 2.35. The first kappa shape index (κ1) is 23.2. The van der Waals surface area contributed by atoms with Crippen molar-refractivity contribution in [3.8, 4) is 17.7 Å². The van der Waals surface area contributed by atoms with Crippen LogP contribution in [0.4, 0.5) is 0 Å². The molecule has 0 aliphatic heterocycles. The maximum absolute atomic E-state index is 13.1. The summed E-state index contributed by atoms with van der Waals surface area (Å²) >= 11 is 0. The van der Waals surface area contributed by atoms with E-state index in [1.807, 2.05) is 13.0 Å². The summed E-state index contributed by atoms with van der Waals surface area (Å²) in [6.07, 6.45) is 5.03. The highest BCUT2D eigenvalue weighted by molar-refractivity contribution is 6.11.